The second kappa shape index (κ2) is 5.03. The van der Waals surface area contributed by atoms with Crippen molar-refractivity contribution < 1.29 is 22.8 Å². The van der Waals surface area contributed by atoms with Gasteiger partial charge in [0.2, 0.25) is 5.91 Å². The third kappa shape index (κ3) is 2.77. The molecule has 1 aromatic carbocycles. The molecule has 6 heteroatoms. The zero-order chi connectivity index (χ0) is 14.0. The topological polar surface area (TPSA) is 37.4 Å². The van der Waals surface area contributed by atoms with Crippen molar-refractivity contribution in [2.24, 2.45) is 0 Å². The van der Waals surface area contributed by atoms with Crippen LogP contribution >= 0.6 is 0 Å². The molecule has 1 aromatic rings. The fraction of sp³-hybridized carbons (Fsp3) is 0.385. The molecule has 1 aliphatic rings. The molecule has 0 radical (unpaired) electrons. The molecule has 0 aliphatic carbocycles. The van der Waals surface area contributed by atoms with Crippen LogP contribution in [0.5, 0.6) is 0 Å². The van der Waals surface area contributed by atoms with Gasteiger partial charge in [0.05, 0.1) is 11.3 Å². The lowest BCUT2D eigenvalue weighted by Gasteiger charge is -2.29. The van der Waals surface area contributed by atoms with E-state index in [4.69, 9.17) is 0 Å². The quantitative estimate of drug-likeness (QED) is 0.775. The summed E-state index contributed by atoms with van der Waals surface area (Å²) in [5.41, 5.74) is -1.16. The highest BCUT2D eigenvalue weighted by atomic mass is 19.4. The van der Waals surface area contributed by atoms with Crippen LogP contribution in [0.25, 0.3) is 0 Å². The van der Waals surface area contributed by atoms with Gasteiger partial charge >= 0.3 is 6.18 Å². The average molecular weight is 271 g/mol. The van der Waals surface area contributed by atoms with E-state index in [0.29, 0.717) is 19.1 Å². The first kappa shape index (κ1) is 13.6. The number of benzene rings is 1. The fourth-order valence-electron chi connectivity index (χ4n) is 2.15. The van der Waals surface area contributed by atoms with Crippen LogP contribution < -0.4 is 4.90 Å². The van der Waals surface area contributed by atoms with Crippen molar-refractivity contribution in [3.63, 3.8) is 0 Å². The van der Waals surface area contributed by atoms with Crippen molar-refractivity contribution in [3.8, 4) is 0 Å². The Labute approximate surface area is 108 Å². The van der Waals surface area contributed by atoms with Crippen LogP contribution in [0.1, 0.15) is 35.2 Å². The summed E-state index contributed by atoms with van der Waals surface area (Å²) >= 11 is 0. The van der Waals surface area contributed by atoms with E-state index < -0.39 is 11.7 Å². The number of halogens is 3. The number of anilines is 1. The maximum atomic E-state index is 13.0. The van der Waals surface area contributed by atoms with Crippen LogP contribution in [0, 0.1) is 0 Å². The lowest BCUT2D eigenvalue weighted by atomic mass is 10.0. The molecule has 3 nitrogen and oxygen atoms in total. The Morgan fingerprint density at radius 3 is 2.53 bits per heavy atom. The molecular weight excluding hydrogens is 259 g/mol. The van der Waals surface area contributed by atoms with Gasteiger partial charge in [-0.2, -0.15) is 13.2 Å². The Hall–Kier alpha value is -1.85. The van der Waals surface area contributed by atoms with E-state index in [0.717, 1.165) is 11.0 Å². The third-order valence-electron chi connectivity index (χ3n) is 3.08. The predicted octanol–water partition coefficient (Wildman–Crippen LogP) is 3.03. The van der Waals surface area contributed by atoms with Gasteiger partial charge in [-0.1, -0.05) is 0 Å². The van der Waals surface area contributed by atoms with E-state index in [1.54, 1.807) is 0 Å². The second-order valence-corrected chi connectivity index (χ2v) is 4.39. The van der Waals surface area contributed by atoms with Gasteiger partial charge in [0.1, 0.15) is 6.29 Å². The minimum absolute atomic E-state index is 0.0551. The summed E-state index contributed by atoms with van der Waals surface area (Å²) in [5, 5.41) is 0. The highest BCUT2D eigenvalue weighted by Crippen LogP contribution is 2.38. The highest BCUT2D eigenvalue weighted by molar-refractivity contribution is 5.95. The molecular formula is C13H12F3NO2. The summed E-state index contributed by atoms with van der Waals surface area (Å²) in [4.78, 5) is 23.5. The normalized spacial score (nSPS) is 16.6. The number of carbonyl (C=O) groups excluding carboxylic acids is 2. The van der Waals surface area contributed by atoms with Crippen molar-refractivity contribution in [3.05, 3.63) is 29.3 Å². The molecule has 0 aromatic heterocycles. The lowest BCUT2D eigenvalue weighted by molar-refractivity contribution is -0.137. The van der Waals surface area contributed by atoms with Gasteiger partial charge in [-0.15, -0.1) is 0 Å². The minimum Gasteiger partial charge on any atom is -0.312 e. The molecule has 1 amide bonds. The SMILES string of the molecule is O=Cc1ccc(N2CCCCC2=O)c(C(F)(F)F)c1. The van der Waals surface area contributed by atoms with E-state index in [-0.39, 0.29) is 30.1 Å². The number of alkyl halides is 3. The Morgan fingerprint density at radius 2 is 1.95 bits per heavy atom. The van der Waals surface area contributed by atoms with Crippen LogP contribution in [-0.4, -0.2) is 18.7 Å². The summed E-state index contributed by atoms with van der Waals surface area (Å²) in [6.07, 6.45) is -2.60. The first-order valence-electron chi connectivity index (χ1n) is 5.90. The van der Waals surface area contributed by atoms with E-state index in [2.05, 4.69) is 0 Å². The van der Waals surface area contributed by atoms with Gasteiger partial charge in [-0.25, -0.2) is 0 Å². The van der Waals surface area contributed by atoms with Gasteiger partial charge in [-0.05, 0) is 31.0 Å². The molecule has 0 N–H and O–H groups in total. The Kier molecular flexibility index (Phi) is 3.59. The molecule has 1 fully saturated rings. The first-order chi connectivity index (χ1) is 8.93. The van der Waals surface area contributed by atoms with E-state index in [1.165, 1.54) is 12.1 Å². The molecule has 19 heavy (non-hydrogen) atoms. The van der Waals surface area contributed by atoms with Gasteiger partial charge < -0.3 is 4.90 Å². The fourth-order valence-corrected chi connectivity index (χ4v) is 2.15. The maximum Gasteiger partial charge on any atom is 0.418 e. The number of nitrogens with zero attached hydrogens (tertiary/aromatic N) is 1. The summed E-state index contributed by atoms with van der Waals surface area (Å²) in [6, 6.07) is 3.26. The van der Waals surface area contributed by atoms with Gasteiger partial charge in [0.15, 0.2) is 0 Å². The van der Waals surface area contributed by atoms with Crippen molar-refractivity contribution in [1.29, 1.82) is 0 Å². The lowest BCUT2D eigenvalue weighted by Crippen LogP contribution is -2.36. The highest BCUT2D eigenvalue weighted by Gasteiger charge is 2.36. The summed E-state index contributed by atoms with van der Waals surface area (Å²) in [5.74, 6) is -0.310. The zero-order valence-electron chi connectivity index (χ0n) is 10.0. The zero-order valence-corrected chi connectivity index (χ0v) is 10.0. The molecule has 0 unspecified atom stereocenters. The van der Waals surface area contributed by atoms with Crippen molar-refractivity contribution in [2.75, 3.05) is 11.4 Å². The number of amides is 1. The van der Waals surface area contributed by atoms with Gasteiger partial charge in [0.25, 0.3) is 0 Å². The summed E-state index contributed by atoms with van der Waals surface area (Å²) < 4.78 is 39.0. The molecule has 0 atom stereocenters. The Bertz CT molecular complexity index is 511. The van der Waals surface area contributed by atoms with Crippen LogP contribution in [-0.2, 0) is 11.0 Å². The molecule has 2 rings (SSSR count). The maximum absolute atomic E-state index is 13.0. The minimum atomic E-state index is -4.59. The van der Waals surface area contributed by atoms with Crippen LogP contribution in [0.3, 0.4) is 0 Å². The standard InChI is InChI=1S/C13H12F3NO2/c14-13(15,16)10-7-9(8-18)4-5-11(10)17-6-2-1-3-12(17)19/h4-5,7-8H,1-3,6H2. The largest absolute Gasteiger partial charge is 0.418 e. The molecule has 0 bridgehead atoms. The number of hydrogen-bond donors (Lipinski definition) is 0. The van der Waals surface area contributed by atoms with Crippen molar-refractivity contribution >= 4 is 17.9 Å². The number of carbonyl (C=O) groups is 2. The van der Waals surface area contributed by atoms with Crippen LogP contribution in [0.4, 0.5) is 18.9 Å². The average Bonchev–Trinajstić information content (AvgIpc) is 2.38. The summed E-state index contributed by atoms with van der Waals surface area (Å²) in [6.45, 7) is 0.280. The van der Waals surface area contributed by atoms with Crippen molar-refractivity contribution in [1.82, 2.24) is 0 Å². The number of piperidine rings is 1. The molecule has 1 aliphatic heterocycles. The number of aldehydes is 1. The van der Waals surface area contributed by atoms with Gasteiger partial charge in [0, 0.05) is 18.5 Å². The summed E-state index contributed by atoms with van der Waals surface area (Å²) in [7, 11) is 0. The monoisotopic (exact) mass is 271 g/mol. The smallest absolute Gasteiger partial charge is 0.312 e. The van der Waals surface area contributed by atoms with E-state index >= 15 is 0 Å². The van der Waals surface area contributed by atoms with E-state index in [9.17, 15) is 22.8 Å². The molecule has 0 spiro atoms. The molecule has 0 saturated carbocycles. The Balaban J connectivity index is 2.49. The molecule has 102 valence electrons. The Morgan fingerprint density at radius 1 is 1.21 bits per heavy atom. The number of hydrogen-bond acceptors (Lipinski definition) is 2. The molecule has 1 saturated heterocycles. The first-order valence-corrected chi connectivity index (χ1v) is 5.90. The molecule has 1 heterocycles. The van der Waals surface area contributed by atoms with E-state index in [1.807, 2.05) is 0 Å². The third-order valence-corrected chi connectivity index (χ3v) is 3.08. The number of rotatable bonds is 2. The van der Waals surface area contributed by atoms with Gasteiger partial charge in [-0.3, -0.25) is 9.59 Å². The second-order valence-electron chi connectivity index (χ2n) is 4.39. The van der Waals surface area contributed by atoms with Crippen molar-refractivity contribution in [2.45, 2.75) is 25.4 Å². The predicted molar refractivity (Wildman–Crippen MR) is 63.0 cm³/mol. The van der Waals surface area contributed by atoms with Crippen LogP contribution in [0.15, 0.2) is 18.2 Å². The van der Waals surface area contributed by atoms with Crippen LogP contribution in [0.2, 0.25) is 0 Å².